The van der Waals surface area contributed by atoms with Gasteiger partial charge < -0.3 is 11.1 Å². The van der Waals surface area contributed by atoms with Crippen molar-refractivity contribution >= 4 is 56.5 Å². The minimum Gasteiger partial charge on any atom is -0.383 e. The molecule has 4 nitrogen and oxygen atoms in total. The largest absolute Gasteiger partial charge is 0.383 e. The summed E-state index contributed by atoms with van der Waals surface area (Å²) < 4.78 is 0.741. The maximum atomic E-state index is 6.24. The van der Waals surface area contributed by atoms with Crippen LogP contribution in [0.25, 0.3) is 0 Å². The number of benzene rings is 1. The summed E-state index contributed by atoms with van der Waals surface area (Å²) in [4.78, 5) is 8.77. The first kappa shape index (κ1) is 16.3. The zero-order valence-corrected chi connectivity index (χ0v) is 14.8. The zero-order valence-electron chi connectivity index (χ0n) is 11.7. The molecule has 3 N–H and O–H groups in total. The summed E-state index contributed by atoms with van der Waals surface area (Å²) in [5.74, 6) is 1.82. The maximum absolute atomic E-state index is 6.24. The highest BCUT2D eigenvalue weighted by Crippen LogP contribution is 2.37. The van der Waals surface area contributed by atoms with Crippen molar-refractivity contribution in [1.29, 1.82) is 0 Å². The van der Waals surface area contributed by atoms with Gasteiger partial charge in [0.15, 0.2) is 0 Å². The lowest BCUT2D eigenvalue weighted by Gasteiger charge is -2.14. The van der Waals surface area contributed by atoms with Crippen molar-refractivity contribution in [2.75, 3.05) is 11.1 Å². The van der Waals surface area contributed by atoms with Crippen LogP contribution < -0.4 is 11.1 Å². The van der Waals surface area contributed by atoms with Gasteiger partial charge in [0.25, 0.3) is 0 Å². The van der Waals surface area contributed by atoms with Gasteiger partial charge in [-0.3, -0.25) is 0 Å². The minimum atomic E-state index is 0.430. The minimum absolute atomic E-state index is 0.430. The predicted octanol–water partition coefficient (Wildman–Crippen LogP) is 5.13. The molecule has 0 aliphatic rings. The number of nitrogen functional groups attached to an aromatic ring is 1. The monoisotopic (exact) mass is 388 g/mol. The van der Waals surface area contributed by atoms with Crippen LogP contribution in [-0.2, 0) is 6.42 Å². The molecule has 0 unspecified atom stereocenters. The highest BCUT2D eigenvalue weighted by atomic mass is 79.9. The molecule has 1 aromatic carbocycles. The maximum Gasteiger partial charge on any atom is 0.139 e. The second-order valence-corrected chi connectivity index (χ2v) is 6.21. The first-order chi connectivity index (χ1) is 9.93. The fraction of sp³-hybridized carbons (Fsp3) is 0.286. The van der Waals surface area contributed by atoms with Gasteiger partial charge in [0, 0.05) is 16.5 Å². The second kappa shape index (κ2) is 6.81. The topological polar surface area (TPSA) is 63.8 Å². The van der Waals surface area contributed by atoms with Crippen molar-refractivity contribution in [3.8, 4) is 0 Å². The van der Waals surface area contributed by atoms with E-state index in [1.165, 1.54) is 0 Å². The number of halogens is 3. The molecular weight excluding hydrogens is 375 g/mol. The highest BCUT2D eigenvalue weighted by molar-refractivity contribution is 9.10. The third-order valence-electron chi connectivity index (χ3n) is 2.99. The number of nitrogens with two attached hydrogens (primary N) is 1. The fourth-order valence-corrected chi connectivity index (χ4v) is 2.61. The van der Waals surface area contributed by atoms with Gasteiger partial charge in [-0.1, -0.05) is 30.1 Å². The fourth-order valence-electron chi connectivity index (χ4n) is 1.79. The van der Waals surface area contributed by atoms with Gasteiger partial charge >= 0.3 is 0 Å². The van der Waals surface area contributed by atoms with Gasteiger partial charge in [-0.2, -0.15) is 0 Å². The van der Waals surface area contributed by atoms with Crippen LogP contribution >= 0.6 is 39.1 Å². The number of hydrogen-bond donors (Lipinski definition) is 2. The number of aromatic nitrogens is 2. The first-order valence-electron chi connectivity index (χ1n) is 6.47. The molecule has 0 atom stereocenters. The van der Waals surface area contributed by atoms with Gasteiger partial charge in [-0.15, -0.1) is 0 Å². The van der Waals surface area contributed by atoms with Crippen molar-refractivity contribution in [2.24, 2.45) is 0 Å². The molecule has 7 heteroatoms. The Balaban J connectivity index is 2.42. The summed E-state index contributed by atoms with van der Waals surface area (Å²) in [6.07, 6.45) is 1.72. The Hall–Kier alpha value is -1.04. The normalized spacial score (nSPS) is 10.7. The summed E-state index contributed by atoms with van der Waals surface area (Å²) in [6, 6.07) is 3.65. The standard InChI is InChI=1S/C14H15BrCl2N4/c1-3-4-10-20-13(18)7(2)14(21-10)19-9-6-5-8(15)11(16)12(9)17/h5-6H,3-4H2,1-2H3,(H3,18,19,20,21). The van der Waals surface area contributed by atoms with Crippen LogP contribution in [0.1, 0.15) is 24.7 Å². The summed E-state index contributed by atoms with van der Waals surface area (Å²) in [5, 5.41) is 4.06. The van der Waals surface area contributed by atoms with E-state index in [1.54, 1.807) is 0 Å². The lowest BCUT2D eigenvalue weighted by atomic mass is 10.2. The SMILES string of the molecule is CCCc1nc(N)c(C)c(Nc2ccc(Br)c(Cl)c2Cl)n1. The molecule has 1 aromatic heterocycles. The Bertz CT molecular complexity index is 677. The molecule has 0 aliphatic carbocycles. The van der Waals surface area contributed by atoms with Gasteiger partial charge in [-0.05, 0) is 41.4 Å². The van der Waals surface area contributed by atoms with E-state index in [9.17, 15) is 0 Å². The van der Waals surface area contributed by atoms with E-state index >= 15 is 0 Å². The van der Waals surface area contributed by atoms with Crippen LogP contribution in [0.4, 0.5) is 17.3 Å². The Morgan fingerprint density at radius 2 is 1.95 bits per heavy atom. The van der Waals surface area contributed by atoms with E-state index in [4.69, 9.17) is 28.9 Å². The summed E-state index contributed by atoms with van der Waals surface area (Å²) in [5.41, 5.74) is 7.40. The number of anilines is 3. The zero-order chi connectivity index (χ0) is 15.6. The first-order valence-corrected chi connectivity index (χ1v) is 8.02. The summed E-state index contributed by atoms with van der Waals surface area (Å²) >= 11 is 15.7. The van der Waals surface area contributed by atoms with Crippen molar-refractivity contribution in [1.82, 2.24) is 9.97 Å². The van der Waals surface area contributed by atoms with Crippen LogP contribution in [0.3, 0.4) is 0 Å². The molecule has 0 bridgehead atoms. The van der Waals surface area contributed by atoms with Crippen molar-refractivity contribution in [3.05, 3.63) is 38.0 Å². The summed E-state index contributed by atoms with van der Waals surface area (Å²) in [6.45, 7) is 3.93. The molecule has 0 saturated carbocycles. The third-order valence-corrected chi connectivity index (χ3v) is 4.76. The lowest BCUT2D eigenvalue weighted by Crippen LogP contribution is -2.07. The number of nitrogens with one attached hydrogen (secondary N) is 1. The van der Waals surface area contributed by atoms with Crippen LogP contribution in [0.15, 0.2) is 16.6 Å². The Labute approximate surface area is 142 Å². The van der Waals surface area contributed by atoms with E-state index in [0.717, 1.165) is 22.9 Å². The van der Waals surface area contributed by atoms with Crippen LogP contribution in [0, 0.1) is 6.92 Å². The van der Waals surface area contributed by atoms with E-state index in [-0.39, 0.29) is 0 Å². The molecule has 2 rings (SSSR count). The average Bonchev–Trinajstić information content (AvgIpc) is 2.45. The predicted molar refractivity (Wildman–Crippen MR) is 92.6 cm³/mol. The lowest BCUT2D eigenvalue weighted by molar-refractivity contribution is 0.836. The number of hydrogen-bond acceptors (Lipinski definition) is 4. The highest BCUT2D eigenvalue weighted by Gasteiger charge is 2.13. The van der Waals surface area contributed by atoms with Gasteiger partial charge in [0.2, 0.25) is 0 Å². The number of nitrogens with zero attached hydrogens (tertiary/aromatic N) is 2. The Morgan fingerprint density at radius 3 is 2.62 bits per heavy atom. The van der Waals surface area contributed by atoms with Gasteiger partial charge in [0.05, 0.1) is 15.7 Å². The summed E-state index contributed by atoms with van der Waals surface area (Å²) in [7, 11) is 0. The quantitative estimate of drug-likeness (QED) is 0.711. The molecule has 0 aliphatic heterocycles. The smallest absolute Gasteiger partial charge is 0.139 e. The van der Waals surface area contributed by atoms with Crippen LogP contribution in [0.5, 0.6) is 0 Å². The van der Waals surface area contributed by atoms with E-state index in [1.807, 2.05) is 19.1 Å². The molecule has 0 fully saturated rings. The molecule has 2 aromatic rings. The Morgan fingerprint density at radius 1 is 1.24 bits per heavy atom. The molecule has 21 heavy (non-hydrogen) atoms. The molecular formula is C14H15BrCl2N4. The van der Waals surface area contributed by atoms with Crippen molar-refractivity contribution in [2.45, 2.75) is 26.7 Å². The molecule has 0 saturated heterocycles. The number of rotatable bonds is 4. The molecule has 0 spiro atoms. The van der Waals surface area contributed by atoms with E-state index in [0.29, 0.717) is 33.2 Å². The average molecular weight is 390 g/mol. The van der Waals surface area contributed by atoms with E-state index < -0.39 is 0 Å². The van der Waals surface area contributed by atoms with E-state index in [2.05, 4.69) is 38.1 Å². The van der Waals surface area contributed by atoms with Gasteiger partial charge in [-0.25, -0.2) is 9.97 Å². The van der Waals surface area contributed by atoms with Crippen LogP contribution in [0.2, 0.25) is 10.0 Å². The number of aryl methyl sites for hydroxylation is 1. The van der Waals surface area contributed by atoms with Crippen molar-refractivity contribution < 1.29 is 0 Å². The molecule has 0 radical (unpaired) electrons. The third kappa shape index (κ3) is 3.59. The second-order valence-electron chi connectivity index (χ2n) is 4.60. The molecule has 112 valence electrons. The molecule has 1 heterocycles. The molecule has 0 amide bonds. The van der Waals surface area contributed by atoms with Crippen molar-refractivity contribution in [3.63, 3.8) is 0 Å². The van der Waals surface area contributed by atoms with Gasteiger partial charge in [0.1, 0.15) is 17.5 Å². The Kier molecular flexibility index (Phi) is 5.30. The van der Waals surface area contributed by atoms with Crippen LogP contribution in [-0.4, -0.2) is 9.97 Å².